The van der Waals surface area contributed by atoms with Crippen LogP contribution in [0.1, 0.15) is 31.5 Å². The van der Waals surface area contributed by atoms with Crippen molar-refractivity contribution in [3.8, 4) is 0 Å². The third-order valence-corrected chi connectivity index (χ3v) is 3.87. The smallest absolute Gasteiger partial charge is 0.251 e. The summed E-state index contributed by atoms with van der Waals surface area (Å²) in [7, 11) is 0. The Hall–Kier alpha value is -1.68. The fourth-order valence-electron chi connectivity index (χ4n) is 1.82. The Kier molecular flexibility index (Phi) is 3.77. The predicted octanol–water partition coefficient (Wildman–Crippen LogP) is 3.00. The van der Waals surface area contributed by atoms with Crippen molar-refractivity contribution in [3.63, 3.8) is 0 Å². The maximum absolute atomic E-state index is 12.0. The molecule has 0 bridgehead atoms. The Labute approximate surface area is 111 Å². The van der Waals surface area contributed by atoms with Crippen LogP contribution in [0.15, 0.2) is 24.3 Å². The number of benzene rings is 1. The van der Waals surface area contributed by atoms with Gasteiger partial charge in [0.2, 0.25) is 0 Å². The molecule has 18 heavy (non-hydrogen) atoms. The molecule has 0 aliphatic heterocycles. The normalized spacial score (nSPS) is 10.4. The zero-order valence-corrected chi connectivity index (χ0v) is 11.6. The number of hydrogen-bond donors (Lipinski definition) is 1. The van der Waals surface area contributed by atoms with Crippen LogP contribution in [0.4, 0.5) is 0 Å². The van der Waals surface area contributed by atoms with Crippen molar-refractivity contribution in [1.29, 1.82) is 0 Å². The standard InChI is InChI=1S/C14H16N2OS/c1-9-6-4-5-7-12(9)14(17)15-8-13-10(2)16-11(3)18-13/h4-7H,8H2,1-3H3,(H,15,17). The molecule has 2 rings (SSSR count). The van der Waals surface area contributed by atoms with Gasteiger partial charge in [-0.1, -0.05) is 18.2 Å². The Morgan fingerprint density at radius 2 is 2.00 bits per heavy atom. The number of nitrogens with one attached hydrogen (secondary N) is 1. The molecule has 0 fully saturated rings. The molecule has 2 aromatic rings. The fraction of sp³-hybridized carbons (Fsp3) is 0.286. The van der Waals surface area contributed by atoms with Gasteiger partial charge < -0.3 is 5.32 Å². The van der Waals surface area contributed by atoms with Gasteiger partial charge in [0.05, 0.1) is 17.2 Å². The summed E-state index contributed by atoms with van der Waals surface area (Å²) in [5.74, 6) is -0.0291. The molecule has 1 amide bonds. The molecule has 0 unspecified atom stereocenters. The monoisotopic (exact) mass is 260 g/mol. The van der Waals surface area contributed by atoms with Crippen LogP contribution in [-0.4, -0.2) is 10.9 Å². The average Bonchev–Trinajstić information content (AvgIpc) is 2.65. The van der Waals surface area contributed by atoms with Gasteiger partial charge >= 0.3 is 0 Å². The van der Waals surface area contributed by atoms with Gasteiger partial charge in [0.25, 0.3) is 5.91 Å². The molecular formula is C14H16N2OS. The lowest BCUT2D eigenvalue weighted by Gasteiger charge is -2.06. The average molecular weight is 260 g/mol. The number of aromatic nitrogens is 1. The first-order valence-corrected chi connectivity index (χ1v) is 6.66. The second kappa shape index (κ2) is 5.31. The Balaban J connectivity index is 2.05. The summed E-state index contributed by atoms with van der Waals surface area (Å²) in [4.78, 5) is 17.5. The fourth-order valence-corrected chi connectivity index (χ4v) is 2.70. The molecule has 1 aromatic heterocycles. The van der Waals surface area contributed by atoms with E-state index in [1.54, 1.807) is 11.3 Å². The first-order valence-electron chi connectivity index (χ1n) is 5.84. The van der Waals surface area contributed by atoms with Crippen molar-refractivity contribution in [3.05, 3.63) is 51.0 Å². The number of amides is 1. The summed E-state index contributed by atoms with van der Waals surface area (Å²) in [6.07, 6.45) is 0. The highest BCUT2D eigenvalue weighted by molar-refractivity contribution is 7.11. The summed E-state index contributed by atoms with van der Waals surface area (Å²) in [5.41, 5.74) is 2.73. The van der Waals surface area contributed by atoms with Gasteiger partial charge in [-0.15, -0.1) is 11.3 Å². The lowest BCUT2D eigenvalue weighted by molar-refractivity contribution is 0.0950. The highest BCUT2D eigenvalue weighted by Gasteiger charge is 2.10. The predicted molar refractivity (Wildman–Crippen MR) is 73.9 cm³/mol. The molecule has 94 valence electrons. The molecule has 3 nitrogen and oxygen atoms in total. The van der Waals surface area contributed by atoms with Crippen molar-refractivity contribution in [2.45, 2.75) is 27.3 Å². The van der Waals surface area contributed by atoms with Crippen LogP contribution < -0.4 is 5.32 Å². The van der Waals surface area contributed by atoms with Crippen LogP contribution in [0.3, 0.4) is 0 Å². The number of aryl methyl sites for hydroxylation is 3. The topological polar surface area (TPSA) is 42.0 Å². The molecule has 0 aliphatic rings. The second-order valence-electron chi connectivity index (χ2n) is 4.24. The quantitative estimate of drug-likeness (QED) is 0.921. The van der Waals surface area contributed by atoms with Gasteiger partial charge in [0.15, 0.2) is 0 Å². The van der Waals surface area contributed by atoms with E-state index in [4.69, 9.17) is 0 Å². The van der Waals surface area contributed by atoms with Crippen LogP contribution in [0.2, 0.25) is 0 Å². The molecular weight excluding hydrogens is 244 g/mol. The molecule has 0 atom stereocenters. The third-order valence-electron chi connectivity index (χ3n) is 2.80. The molecule has 1 heterocycles. The van der Waals surface area contributed by atoms with E-state index < -0.39 is 0 Å². The van der Waals surface area contributed by atoms with Gasteiger partial charge in [-0.05, 0) is 32.4 Å². The largest absolute Gasteiger partial charge is 0.347 e. The van der Waals surface area contributed by atoms with Crippen molar-refractivity contribution in [2.75, 3.05) is 0 Å². The Morgan fingerprint density at radius 3 is 2.61 bits per heavy atom. The van der Waals surface area contributed by atoms with Crippen LogP contribution in [-0.2, 0) is 6.54 Å². The number of thiazole rings is 1. The highest BCUT2D eigenvalue weighted by Crippen LogP contribution is 2.17. The third kappa shape index (κ3) is 2.76. The van der Waals surface area contributed by atoms with E-state index in [9.17, 15) is 4.79 Å². The zero-order chi connectivity index (χ0) is 13.1. The van der Waals surface area contributed by atoms with Crippen molar-refractivity contribution in [1.82, 2.24) is 10.3 Å². The van der Waals surface area contributed by atoms with Crippen molar-refractivity contribution < 1.29 is 4.79 Å². The number of carbonyl (C=O) groups excluding carboxylic acids is 1. The summed E-state index contributed by atoms with van der Waals surface area (Å²) >= 11 is 1.63. The minimum absolute atomic E-state index is 0.0291. The van der Waals surface area contributed by atoms with Crippen LogP contribution in [0.25, 0.3) is 0 Å². The van der Waals surface area contributed by atoms with E-state index in [1.807, 2.05) is 45.0 Å². The molecule has 0 aliphatic carbocycles. The number of carbonyl (C=O) groups is 1. The lowest BCUT2D eigenvalue weighted by atomic mass is 10.1. The zero-order valence-electron chi connectivity index (χ0n) is 10.8. The maximum Gasteiger partial charge on any atom is 0.251 e. The summed E-state index contributed by atoms with van der Waals surface area (Å²) in [5, 5.41) is 3.98. The first-order chi connectivity index (χ1) is 8.58. The Morgan fingerprint density at radius 1 is 1.28 bits per heavy atom. The van der Waals surface area contributed by atoms with Crippen molar-refractivity contribution >= 4 is 17.2 Å². The number of nitrogens with zero attached hydrogens (tertiary/aromatic N) is 1. The number of hydrogen-bond acceptors (Lipinski definition) is 3. The highest BCUT2D eigenvalue weighted by atomic mass is 32.1. The minimum atomic E-state index is -0.0291. The molecule has 0 radical (unpaired) electrons. The van der Waals surface area contributed by atoms with Gasteiger partial charge in [-0.3, -0.25) is 4.79 Å². The SMILES string of the molecule is Cc1nc(C)c(CNC(=O)c2ccccc2C)s1. The van der Waals surface area contributed by atoms with Gasteiger partial charge in [0, 0.05) is 10.4 Å². The van der Waals surface area contributed by atoms with Gasteiger partial charge in [-0.2, -0.15) is 0 Å². The van der Waals surface area contributed by atoms with Crippen LogP contribution in [0, 0.1) is 20.8 Å². The maximum atomic E-state index is 12.0. The molecule has 0 saturated heterocycles. The molecule has 1 N–H and O–H groups in total. The first kappa shape index (κ1) is 12.8. The molecule has 4 heteroatoms. The van der Waals surface area contributed by atoms with E-state index in [1.165, 1.54) is 0 Å². The van der Waals surface area contributed by atoms with Gasteiger partial charge in [-0.25, -0.2) is 4.98 Å². The molecule has 0 spiro atoms. The van der Waals surface area contributed by atoms with Gasteiger partial charge in [0.1, 0.15) is 0 Å². The molecule has 0 saturated carbocycles. The molecule has 1 aromatic carbocycles. The van der Waals surface area contributed by atoms with E-state index in [0.29, 0.717) is 6.54 Å². The lowest BCUT2D eigenvalue weighted by Crippen LogP contribution is -2.23. The van der Waals surface area contributed by atoms with Crippen LogP contribution in [0.5, 0.6) is 0 Å². The summed E-state index contributed by atoms with van der Waals surface area (Å²) < 4.78 is 0. The van der Waals surface area contributed by atoms with E-state index >= 15 is 0 Å². The Bertz CT molecular complexity index is 575. The second-order valence-corrected chi connectivity index (χ2v) is 5.53. The van der Waals surface area contributed by atoms with E-state index in [2.05, 4.69) is 10.3 Å². The number of rotatable bonds is 3. The summed E-state index contributed by atoms with van der Waals surface area (Å²) in [6.45, 7) is 6.44. The van der Waals surface area contributed by atoms with Crippen molar-refractivity contribution in [2.24, 2.45) is 0 Å². The van der Waals surface area contributed by atoms with Crippen LogP contribution >= 0.6 is 11.3 Å². The van der Waals surface area contributed by atoms with E-state index in [0.717, 1.165) is 26.7 Å². The minimum Gasteiger partial charge on any atom is -0.347 e. The van der Waals surface area contributed by atoms with E-state index in [-0.39, 0.29) is 5.91 Å². The summed E-state index contributed by atoms with van der Waals surface area (Å²) in [6, 6.07) is 7.60.